The van der Waals surface area contributed by atoms with Gasteiger partial charge in [-0.2, -0.15) is 14.0 Å². The first kappa shape index (κ1) is 20.0. The Bertz CT molecular complexity index is 1200. The van der Waals surface area contributed by atoms with E-state index in [1.807, 2.05) is 28.6 Å². The Balaban J connectivity index is 1.62. The zero-order valence-corrected chi connectivity index (χ0v) is 17.6. The number of hydrogen-bond acceptors (Lipinski definition) is 3. The molecule has 1 aliphatic carbocycles. The topological polar surface area (TPSA) is 58.3 Å². The molecule has 0 bridgehead atoms. The number of alkyl halides is 2. The lowest BCUT2D eigenvalue weighted by Gasteiger charge is -2.17. The van der Waals surface area contributed by atoms with Crippen molar-refractivity contribution in [2.45, 2.75) is 32.4 Å². The highest BCUT2D eigenvalue weighted by Gasteiger charge is 2.27. The second kappa shape index (κ2) is 7.97. The Labute approximate surface area is 181 Å². The van der Waals surface area contributed by atoms with E-state index in [0.29, 0.717) is 17.2 Å². The highest BCUT2D eigenvalue weighted by Crippen LogP contribution is 2.40. The van der Waals surface area contributed by atoms with Gasteiger partial charge in [0.05, 0.1) is 16.8 Å². The van der Waals surface area contributed by atoms with Gasteiger partial charge in [-0.1, -0.05) is 12.1 Å². The number of anilines is 1. The molecule has 2 aliphatic rings. The molecule has 160 valence electrons. The molecule has 2 aromatic carbocycles. The van der Waals surface area contributed by atoms with Crippen molar-refractivity contribution in [1.29, 1.82) is 5.26 Å². The monoisotopic (exact) mass is 441 g/mol. The molecule has 1 aliphatic heterocycles. The molecule has 1 saturated carbocycles. The molecule has 3 aromatic rings. The molecule has 8 heteroatoms. The zero-order chi connectivity index (χ0) is 21.5. The number of nitrogens with zero attached hydrogens (tertiary/aromatic N) is 3. The van der Waals surface area contributed by atoms with Crippen molar-refractivity contribution in [2.24, 2.45) is 5.92 Å². The highest BCUT2D eigenvalue weighted by molar-refractivity contribution is 7.86. The van der Waals surface area contributed by atoms with Crippen LogP contribution in [0, 0.1) is 17.2 Å². The van der Waals surface area contributed by atoms with E-state index in [2.05, 4.69) is 15.4 Å². The average Bonchev–Trinajstić information content (AvgIpc) is 3.39. The molecule has 2 heterocycles. The van der Waals surface area contributed by atoms with E-state index >= 15 is 0 Å². The third kappa shape index (κ3) is 3.79. The van der Waals surface area contributed by atoms with Crippen molar-refractivity contribution in [2.75, 3.05) is 16.6 Å². The summed E-state index contributed by atoms with van der Waals surface area (Å²) in [5.74, 6) is 1.28. The molecular formula is C23H21F2N3O2S. The van der Waals surface area contributed by atoms with Gasteiger partial charge in [-0.3, -0.25) is 4.31 Å². The molecule has 1 atom stereocenters. The SMILES string of the molecule is N#Cc1c(-c2ccc(N3CCCS3=O)cc2)n(CC2CC2)c2cc(OC(F)F)ccc12. The number of hydrogen-bond donors (Lipinski definition) is 0. The van der Waals surface area contributed by atoms with Crippen molar-refractivity contribution < 1.29 is 17.7 Å². The van der Waals surface area contributed by atoms with Crippen molar-refractivity contribution in [3.63, 3.8) is 0 Å². The van der Waals surface area contributed by atoms with Crippen LogP contribution in [0.5, 0.6) is 5.75 Å². The lowest BCUT2D eigenvalue weighted by atomic mass is 10.1. The molecule has 2 fully saturated rings. The minimum absolute atomic E-state index is 0.0833. The van der Waals surface area contributed by atoms with Gasteiger partial charge in [-0.15, -0.1) is 0 Å². The molecule has 0 N–H and O–H groups in total. The quantitative estimate of drug-likeness (QED) is 0.537. The molecular weight excluding hydrogens is 420 g/mol. The predicted octanol–water partition coefficient (Wildman–Crippen LogP) is 5.07. The average molecular weight is 442 g/mol. The third-order valence-corrected chi connectivity index (χ3v) is 7.39. The van der Waals surface area contributed by atoms with E-state index in [0.717, 1.165) is 60.2 Å². The number of nitriles is 1. The largest absolute Gasteiger partial charge is 0.435 e. The fraction of sp³-hybridized carbons (Fsp3) is 0.348. The van der Waals surface area contributed by atoms with Gasteiger partial charge in [0.2, 0.25) is 0 Å². The number of fused-ring (bicyclic) bond motifs is 1. The van der Waals surface area contributed by atoms with Crippen LogP contribution in [-0.4, -0.2) is 27.7 Å². The number of rotatable bonds is 6. The second-order valence-corrected chi connectivity index (χ2v) is 9.47. The van der Waals surface area contributed by atoms with Crippen LogP contribution in [0.2, 0.25) is 0 Å². The minimum atomic E-state index is -2.90. The van der Waals surface area contributed by atoms with Gasteiger partial charge in [0, 0.05) is 36.0 Å². The summed E-state index contributed by atoms with van der Waals surface area (Å²) < 4.78 is 46.2. The number of halogens is 2. The summed E-state index contributed by atoms with van der Waals surface area (Å²) in [4.78, 5) is 0. The molecule has 0 amide bonds. The second-order valence-electron chi connectivity index (χ2n) is 7.97. The third-order valence-electron chi connectivity index (χ3n) is 5.87. The van der Waals surface area contributed by atoms with Gasteiger partial charge in [-0.25, -0.2) is 4.21 Å². The smallest absolute Gasteiger partial charge is 0.387 e. The molecule has 5 nitrogen and oxygen atoms in total. The van der Waals surface area contributed by atoms with Crippen molar-refractivity contribution in [3.8, 4) is 23.1 Å². The van der Waals surface area contributed by atoms with E-state index < -0.39 is 17.6 Å². The van der Waals surface area contributed by atoms with Crippen molar-refractivity contribution in [3.05, 3.63) is 48.0 Å². The maximum absolute atomic E-state index is 12.7. The molecule has 31 heavy (non-hydrogen) atoms. The summed E-state index contributed by atoms with van der Waals surface area (Å²) in [5.41, 5.74) is 3.81. The Kier molecular flexibility index (Phi) is 5.14. The van der Waals surface area contributed by atoms with Crippen LogP contribution in [0.25, 0.3) is 22.2 Å². The van der Waals surface area contributed by atoms with Crippen LogP contribution in [0.15, 0.2) is 42.5 Å². The van der Waals surface area contributed by atoms with E-state index in [1.165, 1.54) is 6.07 Å². The van der Waals surface area contributed by atoms with Gasteiger partial charge in [0.15, 0.2) is 0 Å². The first-order valence-electron chi connectivity index (χ1n) is 10.3. The summed E-state index contributed by atoms with van der Waals surface area (Å²) >= 11 is 0. The fourth-order valence-corrected chi connectivity index (χ4v) is 5.53. The molecule has 1 saturated heterocycles. The molecule has 0 spiro atoms. The van der Waals surface area contributed by atoms with Crippen LogP contribution in [0.4, 0.5) is 14.5 Å². The Morgan fingerprint density at radius 2 is 1.97 bits per heavy atom. The summed E-state index contributed by atoms with van der Waals surface area (Å²) in [7, 11) is -0.992. The van der Waals surface area contributed by atoms with E-state index in [-0.39, 0.29) is 5.75 Å². The van der Waals surface area contributed by atoms with Crippen LogP contribution >= 0.6 is 0 Å². The van der Waals surface area contributed by atoms with Crippen LogP contribution < -0.4 is 9.04 Å². The number of benzene rings is 2. The van der Waals surface area contributed by atoms with Crippen LogP contribution in [0.1, 0.15) is 24.8 Å². The standard InChI is InChI=1S/C23H21F2N3O2S/c24-23(25)30-18-8-9-19-20(13-26)22(27(21(19)12-18)14-15-2-3-15)16-4-6-17(7-5-16)28-10-1-11-31(28)29/h4-9,12,15,23H,1-3,10-11,14H2. The maximum Gasteiger partial charge on any atom is 0.387 e. The first-order chi connectivity index (χ1) is 15.0. The fourth-order valence-electron chi connectivity index (χ4n) is 4.24. The molecule has 5 rings (SSSR count). The summed E-state index contributed by atoms with van der Waals surface area (Å²) in [6.07, 6.45) is 3.15. The van der Waals surface area contributed by atoms with Gasteiger partial charge in [-0.05, 0) is 55.0 Å². The van der Waals surface area contributed by atoms with Gasteiger partial charge < -0.3 is 9.30 Å². The Morgan fingerprint density at radius 1 is 1.19 bits per heavy atom. The highest BCUT2D eigenvalue weighted by atomic mass is 32.2. The Morgan fingerprint density at radius 3 is 2.58 bits per heavy atom. The van der Waals surface area contributed by atoms with Crippen LogP contribution in [0.3, 0.4) is 0 Å². The molecule has 0 radical (unpaired) electrons. The van der Waals surface area contributed by atoms with Gasteiger partial charge in [0.1, 0.15) is 22.8 Å². The normalized spacial score (nSPS) is 18.6. The summed E-state index contributed by atoms with van der Waals surface area (Å²) in [6, 6.07) is 14.8. The van der Waals surface area contributed by atoms with E-state index in [9.17, 15) is 18.3 Å². The van der Waals surface area contributed by atoms with Crippen LogP contribution in [-0.2, 0) is 17.5 Å². The summed E-state index contributed by atoms with van der Waals surface area (Å²) in [6.45, 7) is -1.41. The molecule has 1 unspecified atom stereocenters. The lowest BCUT2D eigenvalue weighted by Crippen LogP contribution is -2.19. The zero-order valence-electron chi connectivity index (χ0n) is 16.8. The van der Waals surface area contributed by atoms with Gasteiger partial charge >= 0.3 is 6.61 Å². The van der Waals surface area contributed by atoms with E-state index in [1.54, 1.807) is 12.1 Å². The van der Waals surface area contributed by atoms with E-state index in [4.69, 9.17) is 0 Å². The van der Waals surface area contributed by atoms with Crippen molar-refractivity contribution in [1.82, 2.24) is 4.57 Å². The number of aromatic nitrogens is 1. The first-order valence-corrected chi connectivity index (χ1v) is 11.6. The maximum atomic E-state index is 12.7. The molecule has 1 aromatic heterocycles. The lowest BCUT2D eigenvalue weighted by molar-refractivity contribution is -0.0497. The number of ether oxygens (including phenoxy) is 1. The minimum Gasteiger partial charge on any atom is -0.435 e. The van der Waals surface area contributed by atoms with Gasteiger partial charge in [0.25, 0.3) is 0 Å². The predicted molar refractivity (Wildman–Crippen MR) is 116 cm³/mol. The Hall–Kier alpha value is -2.92. The van der Waals surface area contributed by atoms with Crippen molar-refractivity contribution >= 4 is 27.6 Å². The summed E-state index contributed by atoms with van der Waals surface area (Å²) in [5, 5.41) is 10.7.